The van der Waals surface area contributed by atoms with E-state index in [1.807, 2.05) is 13.8 Å². The molecule has 0 amide bonds. The van der Waals surface area contributed by atoms with Gasteiger partial charge in [0.2, 0.25) is 0 Å². The first-order chi connectivity index (χ1) is 23.0. The Kier molecular flexibility index (Phi) is 24.7. The minimum atomic E-state index is 0.230. The van der Waals surface area contributed by atoms with Crippen LogP contribution in [-0.4, -0.2) is 35.0 Å². The van der Waals surface area contributed by atoms with E-state index >= 15 is 0 Å². The topological polar surface area (TPSA) is 74.6 Å². The van der Waals surface area contributed by atoms with Crippen LogP contribution in [0.25, 0.3) is 0 Å². The van der Waals surface area contributed by atoms with Crippen LogP contribution in [0.4, 0.5) is 0 Å². The summed E-state index contributed by atoms with van der Waals surface area (Å²) in [6.45, 7) is 14.0. The van der Waals surface area contributed by atoms with Gasteiger partial charge in [0.15, 0.2) is 11.6 Å². The van der Waals surface area contributed by atoms with E-state index in [9.17, 15) is 9.59 Å². The molecule has 0 aromatic heterocycles. The third-order valence-electron chi connectivity index (χ3n) is 11.5. The molecule has 0 aromatic carbocycles. The highest BCUT2D eigenvalue weighted by molar-refractivity contribution is 5.97. The van der Waals surface area contributed by atoms with Crippen molar-refractivity contribution in [1.29, 1.82) is 0 Å². The molecule has 0 radical (unpaired) electrons. The lowest BCUT2D eigenvalue weighted by molar-refractivity contribution is -0.117. The van der Waals surface area contributed by atoms with Gasteiger partial charge in [0, 0.05) is 26.1 Å². The van der Waals surface area contributed by atoms with Crippen molar-refractivity contribution < 1.29 is 19.8 Å². The fourth-order valence-electron chi connectivity index (χ4n) is 7.94. The van der Waals surface area contributed by atoms with Crippen molar-refractivity contribution >= 4 is 11.6 Å². The van der Waals surface area contributed by atoms with E-state index in [0.717, 1.165) is 62.5 Å². The second-order valence-corrected chi connectivity index (χ2v) is 16.5. The fraction of sp³-hybridized carbons (Fsp3) is 0.864. The van der Waals surface area contributed by atoms with E-state index in [0.29, 0.717) is 24.8 Å². The van der Waals surface area contributed by atoms with Crippen LogP contribution in [-0.2, 0) is 9.59 Å². The third-order valence-corrected chi connectivity index (χ3v) is 11.5. The van der Waals surface area contributed by atoms with Crippen molar-refractivity contribution in [3.05, 3.63) is 22.3 Å². The summed E-state index contributed by atoms with van der Waals surface area (Å²) in [4.78, 5) is 23.9. The number of ketones is 2. The van der Waals surface area contributed by atoms with Gasteiger partial charge in [-0.15, -0.1) is 0 Å². The van der Waals surface area contributed by atoms with Crippen molar-refractivity contribution in [2.45, 2.75) is 221 Å². The van der Waals surface area contributed by atoms with Gasteiger partial charge in [-0.05, 0) is 87.2 Å². The number of hydrogen-bond acceptors (Lipinski definition) is 4. The molecule has 0 aliphatic heterocycles. The van der Waals surface area contributed by atoms with Gasteiger partial charge in [-0.2, -0.15) is 0 Å². The maximum atomic E-state index is 11.9. The summed E-state index contributed by atoms with van der Waals surface area (Å²) in [6, 6.07) is 0. The Morgan fingerprint density at radius 2 is 0.646 bits per heavy atom. The molecule has 4 heteroatoms. The quantitative estimate of drug-likeness (QED) is 0.0897. The van der Waals surface area contributed by atoms with E-state index in [1.165, 1.54) is 140 Å². The Labute approximate surface area is 298 Å². The summed E-state index contributed by atoms with van der Waals surface area (Å²) >= 11 is 0. The van der Waals surface area contributed by atoms with Crippen molar-refractivity contribution in [3.8, 4) is 0 Å². The van der Waals surface area contributed by atoms with Gasteiger partial charge >= 0.3 is 0 Å². The largest absolute Gasteiger partial charge is 0.396 e. The van der Waals surface area contributed by atoms with Gasteiger partial charge < -0.3 is 10.2 Å². The molecule has 2 aliphatic carbocycles. The Balaban J connectivity index is 0.000000480. The molecule has 2 N–H and O–H groups in total. The standard InChI is InChI=1S/2C22H40O2/c2*1-19-20(22(2,3)17-16-21(19)24)15-13-11-9-7-5-4-6-8-10-12-14-18-23/h2*23H,4-18H2,1-3H3. The minimum absolute atomic E-state index is 0.230. The van der Waals surface area contributed by atoms with Gasteiger partial charge in [-0.25, -0.2) is 0 Å². The molecule has 280 valence electrons. The highest BCUT2D eigenvalue weighted by atomic mass is 16.3. The van der Waals surface area contributed by atoms with Gasteiger partial charge in [0.05, 0.1) is 0 Å². The van der Waals surface area contributed by atoms with Crippen LogP contribution in [0.1, 0.15) is 221 Å². The molecule has 48 heavy (non-hydrogen) atoms. The summed E-state index contributed by atoms with van der Waals surface area (Å²) in [7, 11) is 0. The van der Waals surface area contributed by atoms with Crippen molar-refractivity contribution in [1.82, 2.24) is 0 Å². The van der Waals surface area contributed by atoms with Crippen LogP contribution in [0.5, 0.6) is 0 Å². The summed E-state index contributed by atoms with van der Waals surface area (Å²) < 4.78 is 0. The van der Waals surface area contributed by atoms with Gasteiger partial charge in [0.25, 0.3) is 0 Å². The lowest BCUT2D eigenvalue weighted by Gasteiger charge is -2.34. The van der Waals surface area contributed by atoms with E-state index in [2.05, 4.69) is 27.7 Å². The number of aliphatic hydroxyl groups excluding tert-OH is 2. The Hall–Kier alpha value is -1.26. The molecule has 2 aliphatic rings. The third kappa shape index (κ3) is 19.2. The predicted molar refractivity (Wildman–Crippen MR) is 206 cm³/mol. The van der Waals surface area contributed by atoms with Crippen LogP contribution >= 0.6 is 0 Å². The number of carbonyl (C=O) groups excluding carboxylic acids is 2. The summed E-state index contributed by atoms with van der Waals surface area (Å²) in [5, 5.41) is 17.5. The first-order valence-electron chi connectivity index (χ1n) is 20.7. The molecule has 0 bridgehead atoms. The second kappa shape index (κ2) is 26.5. The lowest BCUT2D eigenvalue weighted by atomic mass is 9.70. The first-order valence-corrected chi connectivity index (χ1v) is 20.7. The van der Waals surface area contributed by atoms with E-state index in [1.54, 1.807) is 0 Å². The van der Waals surface area contributed by atoms with Gasteiger partial charge in [-0.1, -0.05) is 154 Å². The number of rotatable bonds is 26. The van der Waals surface area contributed by atoms with Crippen LogP contribution in [0.2, 0.25) is 0 Å². The number of Topliss-reactive ketones (excluding diaryl/α,β-unsaturated/α-hetero) is 2. The Bertz CT molecular complexity index is 862. The highest BCUT2D eigenvalue weighted by Crippen LogP contribution is 2.42. The number of hydrogen-bond donors (Lipinski definition) is 2. The summed E-state index contributed by atoms with van der Waals surface area (Å²) in [5.74, 6) is 0.756. The first kappa shape index (κ1) is 44.8. The lowest BCUT2D eigenvalue weighted by Crippen LogP contribution is -2.25. The molecule has 0 saturated carbocycles. The minimum Gasteiger partial charge on any atom is -0.396 e. The number of aliphatic hydroxyl groups is 2. The zero-order valence-corrected chi connectivity index (χ0v) is 32.9. The fourth-order valence-corrected chi connectivity index (χ4v) is 7.94. The van der Waals surface area contributed by atoms with Crippen LogP contribution in [0, 0.1) is 10.8 Å². The molecule has 0 heterocycles. The molecular formula is C44H80O4. The van der Waals surface area contributed by atoms with Gasteiger partial charge in [0.1, 0.15) is 0 Å². The molecule has 0 unspecified atom stereocenters. The van der Waals surface area contributed by atoms with E-state index in [4.69, 9.17) is 10.2 Å². The molecule has 0 aromatic rings. The van der Waals surface area contributed by atoms with Gasteiger partial charge in [-0.3, -0.25) is 9.59 Å². The highest BCUT2D eigenvalue weighted by Gasteiger charge is 2.32. The average Bonchev–Trinajstić information content (AvgIpc) is 3.05. The van der Waals surface area contributed by atoms with Crippen molar-refractivity contribution in [2.24, 2.45) is 10.8 Å². The number of allylic oxidation sites excluding steroid dienone is 4. The van der Waals surface area contributed by atoms with Crippen LogP contribution in [0.3, 0.4) is 0 Å². The molecular weight excluding hydrogens is 592 g/mol. The zero-order chi connectivity index (χ0) is 35.7. The number of unbranched alkanes of at least 4 members (excludes halogenated alkanes) is 20. The molecule has 0 atom stereocenters. The average molecular weight is 673 g/mol. The summed E-state index contributed by atoms with van der Waals surface area (Å²) in [6.07, 6.45) is 34.0. The van der Waals surface area contributed by atoms with Crippen LogP contribution in [0.15, 0.2) is 22.3 Å². The normalized spacial score (nSPS) is 17.6. The van der Waals surface area contributed by atoms with Crippen molar-refractivity contribution in [2.75, 3.05) is 13.2 Å². The molecule has 4 nitrogen and oxygen atoms in total. The van der Waals surface area contributed by atoms with Crippen LogP contribution < -0.4 is 0 Å². The van der Waals surface area contributed by atoms with Crippen molar-refractivity contribution in [3.63, 3.8) is 0 Å². The Morgan fingerprint density at radius 1 is 0.417 bits per heavy atom. The summed E-state index contributed by atoms with van der Waals surface area (Å²) in [5.41, 5.74) is 5.45. The van der Waals surface area contributed by atoms with E-state index < -0.39 is 0 Å². The molecule has 2 rings (SSSR count). The SMILES string of the molecule is CC1=C(CCCCCCCCCCCCCO)C(C)(C)CCC1=O.CC1=C(CCCCCCCCCCCCCO)C(C)(C)CCC1=O. The monoisotopic (exact) mass is 673 g/mol. The zero-order valence-electron chi connectivity index (χ0n) is 32.9. The predicted octanol–water partition coefficient (Wildman–Crippen LogP) is 12.7. The molecule has 0 spiro atoms. The second-order valence-electron chi connectivity index (χ2n) is 16.5. The smallest absolute Gasteiger partial charge is 0.158 e. The number of carbonyl (C=O) groups is 2. The molecule has 0 fully saturated rings. The Morgan fingerprint density at radius 3 is 0.896 bits per heavy atom. The molecule has 0 saturated heterocycles. The maximum Gasteiger partial charge on any atom is 0.158 e. The van der Waals surface area contributed by atoms with E-state index in [-0.39, 0.29) is 10.8 Å². The maximum absolute atomic E-state index is 11.9.